The number of anilines is 2. The highest BCUT2D eigenvalue weighted by Gasteiger charge is 2.42. The van der Waals surface area contributed by atoms with Crippen LogP contribution in [0.1, 0.15) is 45.9 Å². The molecule has 0 radical (unpaired) electrons. The van der Waals surface area contributed by atoms with Crippen molar-refractivity contribution in [1.82, 2.24) is 14.9 Å². The minimum atomic E-state index is -0.0721. The summed E-state index contributed by atoms with van der Waals surface area (Å²) in [6.45, 7) is 12.1. The fraction of sp³-hybridized carbons (Fsp3) is 0.312. The Bertz CT molecular complexity index is 1470. The maximum Gasteiger partial charge on any atom is 0.174 e. The van der Waals surface area contributed by atoms with Gasteiger partial charge in [-0.3, -0.25) is 4.98 Å². The van der Waals surface area contributed by atoms with E-state index < -0.39 is 0 Å². The first-order valence-corrected chi connectivity index (χ1v) is 14.0. The van der Waals surface area contributed by atoms with Gasteiger partial charge in [0.05, 0.1) is 31.0 Å². The van der Waals surface area contributed by atoms with Crippen LogP contribution in [0.15, 0.2) is 72.9 Å². The zero-order valence-corrected chi connectivity index (χ0v) is 23.8. The Morgan fingerprint density at radius 3 is 2.21 bits per heavy atom. The highest BCUT2D eigenvalue weighted by molar-refractivity contribution is 7.80. The number of nitrogens with one attached hydrogen (secondary N) is 1. The predicted octanol–water partition coefficient (Wildman–Crippen LogP) is 6.12. The van der Waals surface area contributed by atoms with Gasteiger partial charge in [0.25, 0.3) is 0 Å². The van der Waals surface area contributed by atoms with Crippen LogP contribution in [0.25, 0.3) is 5.69 Å². The van der Waals surface area contributed by atoms with E-state index in [2.05, 4.69) is 102 Å². The van der Waals surface area contributed by atoms with Crippen molar-refractivity contribution in [2.24, 2.45) is 0 Å². The first-order valence-electron chi connectivity index (χ1n) is 13.6. The topological polar surface area (TPSA) is 45.6 Å². The van der Waals surface area contributed by atoms with Crippen LogP contribution < -0.4 is 15.1 Å². The van der Waals surface area contributed by atoms with Crippen molar-refractivity contribution in [3.8, 4) is 5.69 Å². The molecule has 2 aliphatic rings. The fourth-order valence-corrected chi connectivity index (χ4v) is 6.50. The van der Waals surface area contributed by atoms with Crippen LogP contribution in [0, 0.1) is 27.7 Å². The molecule has 0 spiro atoms. The number of hydrogen-bond acceptors (Lipinski definition) is 4. The fourth-order valence-electron chi connectivity index (χ4n) is 6.16. The van der Waals surface area contributed by atoms with Gasteiger partial charge in [0, 0.05) is 47.7 Å². The first-order chi connectivity index (χ1) is 18.9. The molecule has 2 aromatic heterocycles. The van der Waals surface area contributed by atoms with Crippen LogP contribution in [0.5, 0.6) is 0 Å². The molecule has 2 unspecified atom stereocenters. The molecule has 6 rings (SSSR count). The van der Waals surface area contributed by atoms with Gasteiger partial charge in [-0.1, -0.05) is 12.1 Å². The van der Waals surface area contributed by atoms with Crippen molar-refractivity contribution in [3.63, 3.8) is 0 Å². The average molecular weight is 538 g/mol. The van der Waals surface area contributed by atoms with E-state index in [-0.39, 0.29) is 12.1 Å². The first kappa shape index (κ1) is 25.6. The number of aryl methyl sites for hydroxylation is 3. The highest BCUT2D eigenvalue weighted by atomic mass is 32.1. The Morgan fingerprint density at radius 1 is 0.846 bits per heavy atom. The largest absolute Gasteiger partial charge is 0.378 e. The summed E-state index contributed by atoms with van der Waals surface area (Å²) in [6.07, 6.45) is 1.86. The lowest BCUT2D eigenvalue weighted by molar-refractivity contribution is 0.122. The van der Waals surface area contributed by atoms with Crippen molar-refractivity contribution in [1.29, 1.82) is 0 Å². The minimum Gasteiger partial charge on any atom is -0.378 e. The third-order valence-electron chi connectivity index (χ3n) is 7.86. The van der Waals surface area contributed by atoms with Gasteiger partial charge in [0.1, 0.15) is 0 Å². The summed E-state index contributed by atoms with van der Waals surface area (Å²) in [6, 6.07) is 23.8. The minimum absolute atomic E-state index is 0.0406. The van der Waals surface area contributed by atoms with Crippen molar-refractivity contribution < 1.29 is 4.74 Å². The molecule has 6 nitrogen and oxygen atoms in total. The van der Waals surface area contributed by atoms with E-state index in [9.17, 15) is 0 Å². The number of thiocarbonyl (C=S) groups is 1. The highest BCUT2D eigenvalue weighted by Crippen LogP contribution is 2.44. The molecular weight excluding hydrogens is 502 g/mol. The molecule has 0 aliphatic carbocycles. The number of nitrogens with zero attached hydrogens (tertiary/aromatic N) is 4. The monoisotopic (exact) mass is 537 g/mol. The Hall–Kier alpha value is -3.68. The SMILES string of the molecule is Cc1cc(C)cc(N2C(=S)NC(c3ccccn3)C2c2cc(C)n(-c3ccc(N4CCOCC4)cc3)c2C)c1. The number of morpholine rings is 1. The number of aromatic nitrogens is 2. The summed E-state index contributed by atoms with van der Waals surface area (Å²) in [5, 5.41) is 4.34. The summed E-state index contributed by atoms with van der Waals surface area (Å²) in [4.78, 5) is 9.40. The lowest BCUT2D eigenvalue weighted by Crippen LogP contribution is -2.36. The molecule has 0 saturated carbocycles. The van der Waals surface area contributed by atoms with Crippen LogP contribution in [-0.2, 0) is 4.74 Å². The standard InChI is InChI=1S/C32H35N5OS/c1-21-17-22(2)19-27(18-21)37-31(30(34-32(37)39)29-7-5-6-12-33-29)28-20-23(3)36(24(28)4)26-10-8-25(9-11-26)35-13-15-38-16-14-35/h5-12,17-20,30-31H,13-16H2,1-4H3,(H,34,39). The molecule has 2 atom stereocenters. The number of benzene rings is 2. The molecule has 7 heteroatoms. The Morgan fingerprint density at radius 2 is 1.54 bits per heavy atom. The van der Waals surface area contributed by atoms with Crippen LogP contribution in [0.4, 0.5) is 11.4 Å². The summed E-state index contributed by atoms with van der Waals surface area (Å²) in [5.74, 6) is 0. The van der Waals surface area contributed by atoms with Crippen LogP contribution >= 0.6 is 12.2 Å². The van der Waals surface area contributed by atoms with Crippen molar-refractivity contribution in [2.45, 2.75) is 39.8 Å². The molecule has 39 heavy (non-hydrogen) atoms. The van der Waals surface area contributed by atoms with Crippen molar-refractivity contribution in [2.75, 3.05) is 36.1 Å². The predicted molar refractivity (Wildman–Crippen MR) is 162 cm³/mol. The van der Waals surface area contributed by atoms with E-state index in [0.717, 1.165) is 48.5 Å². The quantitative estimate of drug-likeness (QED) is 0.310. The molecule has 2 fully saturated rings. The van der Waals surface area contributed by atoms with Gasteiger partial charge < -0.3 is 24.4 Å². The van der Waals surface area contributed by atoms with Gasteiger partial charge in [-0.05, 0) is 111 Å². The lowest BCUT2D eigenvalue weighted by Gasteiger charge is -2.29. The third-order valence-corrected chi connectivity index (χ3v) is 8.17. The number of hydrogen-bond donors (Lipinski definition) is 1. The Labute approximate surface area is 236 Å². The molecule has 0 amide bonds. The molecular formula is C32H35N5OS. The summed E-state index contributed by atoms with van der Waals surface area (Å²) >= 11 is 5.98. The maximum atomic E-state index is 5.98. The van der Waals surface area contributed by atoms with E-state index >= 15 is 0 Å². The molecule has 2 aromatic carbocycles. The van der Waals surface area contributed by atoms with E-state index in [1.807, 2.05) is 18.3 Å². The van der Waals surface area contributed by atoms with E-state index in [1.54, 1.807) is 0 Å². The molecule has 2 aliphatic heterocycles. The number of pyridine rings is 1. The van der Waals surface area contributed by atoms with E-state index in [1.165, 1.54) is 33.8 Å². The van der Waals surface area contributed by atoms with Crippen LogP contribution in [-0.4, -0.2) is 41.0 Å². The van der Waals surface area contributed by atoms with Gasteiger partial charge in [-0.2, -0.15) is 0 Å². The summed E-state index contributed by atoms with van der Waals surface area (Å²) in [7, 11) is 0. The van der Waals surface area contributed by atoms with Gasteiger partial charge >= 0.3 is 0 Å². The Balaban J connectivity index is 1.43. The normalized spacial score (nSPS) is 19.4. The second-order valence-electron chi connectivity index (χ2n) is 10.6. The van der Waals surface area contributed by atoms with Crippen LogP contribution in [0.3, 0.4) is 0 Å². The smallest absolute Gasteiger partial charge is 0.174 e. The van der Waals surface area contributed by atoms with Gasteiger partial charge in [0.2, 0.25) is 0 Å². The average Bonchev–Trinajstić information content (AvgIpc) is 3.44. The summed E-state index contributed by atoms with van der Waals surface area (Å²) in [5.41, 5.74) is 10.6. The molecule has 200 valence electrons. The lowest BCUT2D eigenvalue weighted by atomic mass is 9.96. The zero-order valence-electron chi connectivity index (χ0n) is 23.0. The second kappa shape index (κ2) is 10.5. The molecule has 4 heterocycles. The number of rotatable bonds is 5. The van der Waals surface area contributed by atoms with Gasteiger partial charge in [0.15, 0.2) is 5.11 Å². The maximum absolute atomic E-state index is 5.98. The molecule has 4 aromatic rings. The molecule has 1 N–H and O–H groups in total. The van der Waals surface area contributed by atoms with Crippen molar-refractivity contribution >= 4 is 28.7 Å². The van der Waals surface area contributed by atoms with Crippen LogP contribution in [0.2, 0.25) is 0 Å². The van der Waals surface area contributed by atoms with E-state index in [4.69, 9.17) is 21.9 Å². The number of ether oxygens (including phenoxy) is 1. The Kier molecular flexibility index (Phi) is 6.87. The summed E-state index contributed by atoms with van der Waals surface area (Å²) < 4.78 is 7.89. The van der Waals surface area contributed by atoms with Gasteiger partial charge in [-0.15, -0.1) is 0 Å². The van der Waals surface area contributed by atoms with E-state index in [0.29, 0.717) is 0 Å². The third kappa shape index (κ3) is 4.81. The second-order valence-corrected chi connectivity index (χ2v) is 11.0. The molecule has 0 bridgehead atoms. The van der Waals surface area contributed by atoms with Gasteiger partial charge in [-0.25, -0.2) is 0 Å². The van der Waals surface area contributed by atoms with Crippen molar-refractivity contribution in [3.05, 3.63) is 107 Å². The zero-order chi connectivity index (χ0) is 27.1. The molecule has 2 saturated heterocycles.